The quantitative estimate of drug-likeness (QED) is 0.775. The number of fused-ring (bicyclic) bond motifs is 1. The highest BCUT2D eigenvalue weighted by Crippen LogP contribution is 2.25. The molecule has 2 aromatic heterocycles. The summed E-state index contributed by atoms with van der Waals surface area (Å²) in [4.78, 5) is 16.2. The van der Waals surface area contributed by atoms with Crippen LogP contribution >= 0.6 is 0 Å². The van der Waals surface area contributed by atoms with Crippen LogP contribution < -0.4 is 10.6 Å². The van der Waals surface area contributed by atoms with Crippen molar-refractivity contribution in [1.82, 2.24) is 14.9 Å². The molecule has 112 valence electrons. The molecule has 0 saturated carbocycles. The van der Waals surface area contributed by atoms with Crippen LogP contribution in [-0.2, 0) is 13.1 Å². The standard InChI is InChI=1S/C17H18N4O/c1-2-21-12-15(14-8-3-4-9-16(14)21)20-17(22)19-11-13-7-5-6-10-18-13/h3-10,12H,2,11H2,1H3,(H2,19,20,22). The number of hydrogen-bond acceptors (Lipinski definition) is 2. The Hall–Kier alpha value is -2.82. The summed E-state index contributed by atoms with van der Waals surface area (Å²) in [7, 11) is 0. The van der Waals surface area contributed by atoms with Gasteiger partial charge in [-0.25, -0.2) is 4.79 Å². The highest BCUT2D eigenvalue weighted by atomic mass is 16.2. The van der Waals surface area contributed by atoms with Crippen LogP contribution in [0.4, 0.5) is 10.5 Å². The molecule has 0 saturated heterocycles. The minimum absolute atomic E-state index is 0.232. The lowest BCUT2D eigenvalue weighted by atomic mass is 10.2. The summed E-state index contributed by atoms with van der Waals surface area (Å²) in [5.41, 5.74) is 2.76. The van der Waals surface area contributed by atoms with E-state index in [-0.39, 0.29) is 6.03 Å². The Labute approximate surface area is 129 Å². The maximum absolute atomic E-state index is 12.1. The first kappa shape index (κ1) is 14.1. The monoisotopic (exact) mass is 294 g/mol. The highest BCUT2D eigenvalue weighted by molar-refractivity contribution is 6.01. The van der Waals surface area contributed by atoms with Gasteiger partial charge in [-0.1, -0.05) is 24.3 Å². The number of nitrogens with one attached hydrogen (secondary N) is 2. The van der Waals surface area contributed by atoms with Crippen LogP contribution in [0.2, 0.25) is 0 Å². The molecule has 2 amide bonds. The second-order valence-corrected chi connectivity index (χ2v) is 4.97. The van der Waals surface area contributed by atoms with Crippen molar-refractivity contribution in [2.75, 3.05) is 5.32 Å². The molecular formula is C17H18N4O. The van der Waals surface area contributed by atoms with Crippen LogP contribution in [0.5, 0.6) is 0 Å². The minimum atomic E-state index is -0.232. The Morgan fingerprint density at radius 1 is 1.18 bits per heavy atom. The normalized spacial score (nSPS) is 10.6. The molecule has 5 nitrogen and oxygen atoms in total. The largest absolute Gasteiger partial charge is 0.346 e. The number of carbonyl (C=O) groups excluding carboxylic acids is 1. The average molecular weight is 294 g/mol. The van der Waals surface area contributed by atoms with E-state index in [1.54, 1.807) is 6.20 Å². The number of amides is 2. The van der Waals surface area contributed by atoms with E-state index < -0.39 is 0 Å². The summed E-state index contributed by atoms with van der Waals surface area (Å²) in [6.07, 6.45) is 3.68. The van der Waals surface area contributed by atoms with Crippen molar-refractivity contribution in [2.24, 2.45) is 0 Å². The van der Waals surface area contributed by atoms with Gasteiger partial charge < -0.3 is 15.2 Å². The van der Waals surface area contributed by atoms with Crippen LogP contribution in [0.3, 0.4) is 0 Å². The first-order chi connectivity index (χ1) is 10.8. The van der Waals surface area contributed by atoms with E-state index in [0.29, 0.717) is 6.54 Å². The second kappa shape index (κ2) is 6.30. The van der Waals surface area contributed by atoms with E-state index in [1.807, 2.05) is 42.6 Å². The third-order valence-corrected chi connectivity index (χ3v) is 3.53. The predicted molar refractivity (Wildman–Crippen MR) is 87.7 cm³/mol. The number of anilines is 1. The number of carbonyl (C=O) groups is 1. The van der Waals surface area contributed by atoms with Gasteiger partial charge in [0.2, 0.25) is 0 Å². The molecule has 0 aliphatic carbocycles. The maximum Gasteiger partial charge on any atom is 0.319 e. The summed E-state index contributed by atoms with van der Waals surface area (Å²) in [6, 6.07) is 13.4. The van der Waals surface area contributed by atoms with E-state index in [9.17, 15) is 4.79 Å². The van der Waals surface area contributed by atoms with Gasteiger partial charge in [0.05, 0.1) is 23.4 Å². The van der Waals surface area contributed by atoms with Crippen molar-refractivity contribution in [3.8, 4) is 0 Å². The Kier molecular flexibility index (Phi) is 4.05. The molecule has 1 aromatic carbocycles. The van der Waals surface area contributed by atoms with Gasteiger partial charge in [0.15, 0.2) is 0 Å². The summed E-state index contributed by atoms with van der Waals surface area (Å²) < 4.78 is 2.11. The van der Waals surface area contributed by atoms with E-state index in [2.05, 4.69) is 33.2 Å². The van der Waals surface area contributed by atoms with E-state index >= 15 is 0 Å². The van der Waals surface area contributed by atoms with Crippen molar-refractivity contribution in [2.45, 2.75) is 20.0 Å². The van der Waals surface area contributed by atoms with E-state index in [4.69, 9.17) is 0 Å². The van der Waals surface area contributed by atoms with Gasteiger partial charge >= 0.3 is 6.03 Å². The SMILES string of the molecule is CCn1cc(NC(=O)NCc2ccccn2)c2ccccc21. The number of benzene rings is 1. The number of para-hydroxylation sites is 1. The topological polar surface area (TPSA) is 59.0 Å². The van der Waals surface area contributed by atoms with Crippen LogP contribution in [-0.4, -0.2) is 15.6 Å². The first-order valence-electron chi connectivity index (χ1n) is 7.30. The number of rotatable bonds is 4. The highest BCUT2D eigenvalue weighted by Gasteiger charge is 2.09. The predicted octanol–water partition coefficient (Wildman–Crippen LogP) is 3.38. The van der Waals surface area contributed by atoms with Gasteiger partial charge in [0.25, 0.3) is 0 Å². The average Bonchev–Trinajstić information content (AvgIpc) is 2.92. The molecule has 5 heteroatoms. The lowest BCUT2D eigenvalue weighted by Gasteiger charge is -2.06. The van der Waals surface area contributed by atoms with Crippen molar-refractivity contribution in [3.63, 3.8) is 0 Å². The third kappa shape index (κ3) is 2.93. The minimum Gasteiger partial charge on any atom is -0.346 e. The molecule has 0 atom stereocenters. The van der Waals surface area contributed by atoms with Gasteiger partial charge in [0, 0.05) is 24.3 Å². The number of nitrogens with zero attached hydrogens (tertiary/aromatic N) is 2. The number of urea groups is 1. The zero-order valence-corrected chi connectivity index (χ0v) is 12.4. The van der Waals surface area contributed by atoms with Gasteiger partial charge in [-0.05, 0) is 25.1 Å². The van der Waals surface area contributed by atoms with Crippen molar-refractivity contribution < 1.29 is 4.79 Å². The molecule has 0 spiro atoms. The van der Waals surface area contributed by atoms with Gasteiger partial charge in [-0.3, -0.25) is 4.98 Å². The smallest absolute Gasteiger partial charge is 0.319 e. The maximum atomic E-state index is 12.1. The molecule has 2 heterocycles. The molecule has 0 fully saturated rings. The molecule has 0 radical (unpaired) electrons. The second-order valence-electron chi connectivity index (χ2n) is 4.97. The molecule has 3 aromatic rings. The third-order valence-electron chi connectivity index (χ3n) is 3.53. The fourth-order valence-corrected chi connectivity index (χ4v) is 2.45. The molecule has 22 heavy (non-hydrogen) atoms. The molecular weight excluding hydrogens is 276 g/mol. The van der Waals surface area contributed by atoms with Crippen LogP contribution in [0, 0.1) is 0 Å². The number of aryl methyl sites for hydroxylation is 1. The van der Waals surface area contributed by atoms with E-state index in [1.165, 1.54) is 0 Å². The number of pyridine rings is 1. The van der Waals surface area contributed by atoms with Crippen LogP contribution in [0.1, 0.15) is 12.6 Å². The molecule has 0 aliphatic rings. The molecule has 0 aliphatic heterocycles. The fourth-order valence-electron chi connectivity index (χ4n) is 2.45. The Bertz CT molecular complexity index is 780. The lowest BCUT2D eigenvalue weighted by Crippen LogP contribution is -2.28. The Morgan fingerprint density at radius 3 is 2.77 bits per heavy atom. The first-order valence-corrected chi connectivity index (χ1v) is 7.30. The molecule has 3 rings (SSSR count). The van der Waals surface area contributed by atoms with E-state index in [0.717, 1.165) is 28.8 Å². The summed E-state index contributed by atoms with van der Waals surface area (Å²) >= 11 is 0. The lowest BCUT2D eigenvalue weighted by molar-refractivity contribution is 0.251. The Balaban J connectivity index is 1.71. The Morgan fingerprint density at radius 2 is 2.00 bits per heavy atom. The summed E-state index contributed by atoms with van der Waals surface area (Å²) in [5, 5.41) is 6.77. The van der Waals surface area contributed by atoms with Crippen molar-refractivity contribution in [1.29, 1.82) is 0 Å². The fraction of sp³-hybridized carbons (Fsp3) is 0.176. The molecule has 0 unspecified atom stereocenters. The van der Waals surface area contributed by atoms with Gasteiger partial charge in [-0.2, -0.15) is 0 Å². The van der Waals surface area contributed by atoms with Crippen LogP contribution in [0.15, 0.2) is 54.9 Å². The molecule has 0 bridgehead atoms. The van der Waals surface area contributed by atoms with Crippen LogP contribution in [0.25, 0.3) is 10.9 Å². The van der Waals surface area contributed by atoms with Gasteiger partial charge in [0.1, 0.15) is 0 Å². The number of aromatic nitrogens is 2. The zero-order valence-electron chi connectivity index (χ0n) is 12.4. The van der Waals surface area contributed by atoms with Crippen molar-refractivity contribution in [3.05, 3.63) is 60.6 Å². The number of hydrogen-bond donors (Lipinski definition) is 2. The van der Waals surface area contributed by atoms with Gasteiger partial charge in [-0.15, -0.1) is 0 Å². The zero-order chi connectivity index (χ0) is 15.4. The molecule has 2 N–H and O–H groups in total. The summed E-state index contributed by atoms with van der Waals surface area (Å²) in [5.74, 6) is 0. The summed E-state index contributed by atoms with van der Waals surface area (Å²) in [6.45, 7) is 3.34. The van der Waals surface area contributed by atoms with Crippen molar-refractivity contribution >= 4 is 22.6 Å².